The van der Waals surface area contributed by atoms with Gasteiger partial charge >= 0.3 is 5.97 Å². The predicted octanol–water partition coefficient (Wildman–Crippen LogP) is 2.28. The molecule has 0 atom stereocenters. The largest absolute Gasteiger partial charge is 0.497 e. The summed E-state index contributed by atoms with van der Waals surface area (Å²) in [7, 11) is 2.93. The topological polar surface area (TPSA) is 103 Å². The number of rotatable bonds is 9. The van der Waals surface area contributed by atoms with Gasteiger partial charge in [0.05, 0.1) is 26.2 Å². The van der Waals surface area contributed by atoms with Gasteiger partial charge in [0, 0.05) is 36.5 Å². The molecule has 0 aliphatic heterocycles. The van der Waals surface area contributed by atoms with E-state index >= 15 is 0 Å². The average molecular weight is 422 g/mol. The quantitative estimate of drug-likeness (QED) is 0.601. The number of halogens is 2. The molecule has 0 unspecified atom stereocenters. The highest BCUT2D eigenvalue weighted by molar-refractivity contribution is 5.95. The van der Waals surface area contributed by atoms with Crippen molar-refractivity contribution in [1.82, 2.24) is 5.32 Å². The second-order valence-corrected chi connectivity index (χ2v) is 5.94. The molecule has 0 saturated carbocycles. The number of hydrogen-bond donors (Lipinski definition) is 2. The number of anilines is 1. The van der Waals surface area contributed by atoms with Crippen molar-refractivity contribution < 1.29 is 37.4 Å². The number of carbonyl (C=O) groups is 3. The lowest BCUT2D eigenvalue weighted by Crippen LogP contribution is -2.28. The molecular weight excluding hydrogens is 402 g/mol. The van der Waals surface area contributed by atoms with Gasteiger partial charge in [0.1, 0.15) is 23.1 Å². The van der Waals surface area contributed by atoms with Crippen LogP contribution in [0.4, 0.5) is 14.5 Å². The minimum atomic E-state index is -1.01. The molecule has 2 aromatic rings. The molecular formula is C20H20F2N2O6. The molecule has 0 spiro atoms. The summed E-state index contributed by atoms with van der Waals surface area (Å²) in [4.78, 5) is 35.5. The maximum atomic E-state index is 13.5. The summed E-state index contributed by atoms with van der Waals surface area (Å²) < 4.78 is 41.4. The molecule has 0 fully saturated rings. The third-order valence-corrected chi connectivity index (χ3v) is 3.79. The van der Waals surface area contributed by atoms with Crippen molar-refractivity contribution in [3.05, 3.63) is 53.6 Å². The molecule has 30 heavy (non-hydrogen) atoms. The van der Waals surface area contributed by atoms with Gasteiger partial charge in [-0.05, 0) is 12.1 Å². The number of benzene rings is 2. The summed E-state index contributed by atoms with van der Waals surface area (Å²) in [5, 5.41) is 4.85. The summed E-state index contributed by atoms with van der Waals surface area (Å²) in [6.07, 6.45) is -0.241. The highest BCUT2D eigenvalue weighted by Gasteiger charge is 2.14. The zero-order chi connectivity index (χ0) is 22.1. The van der Waals surface area contributed by atoms with E-state index in [4.69, 9.17) is 14.2 Å². The minimum absolute atomic E-state index is 0.150. The van der Waals surface area contributed by atoms with Crippen LogP contribution in [0.2, 0.25) is 0 Å². The van der Waals surface area contributed by atoms with Crippen molar-refractivity contribution in [2.75, 3.05) is 32.7 Å². The van der Waals surface area contributed by atoms with Crippen molar-refractivity contribution in [2.45, 2.75) is 6.42 Å². The van der Waals surface area contributed by atoms with E-state index in [0.717, 1.165) is 12.1 Å². The van der Waals surface area contributed by atoms with Crippen LogP contribution in [0.25, 0.3) is 0 Å². The highest BCUT2D eigenvalue weighted by Crippen LogP contribution is 2.25. The SMILES string of the molecule is COc1cc(NC(=O)COC(=O)CCNC(=O)c2ccc(F)cc2F)cc(OC)c1. The normalized spacial score (nSPS) is 10.1. The molecule has 0 saturated heterocycles. The van der Waals surface area contributed by atoms with E-state index in [1.54, 1.807) is 18.2 Å². The lowest BCUT2D eigenvalue weighted by Gasteiger charge is -2.10. The van der Waals surface area contributed by atoms with Gasteiger partial charge in [0.2, 0.25) is 0 Å². The molecule has 0 radical (unpaired) electrons. The monoisotopic (exact) mass is 422 g/mol. The first-order valence-corrected chi connectivity index (χ1v) is 8.74. The number of methoxy groups -OCH3 is 2. The molecule has 0 heterocycles. The van der Waals surface area contributed by atoms with Gasteiger partial charge in [-0.25, -0.2) is 8.78 Å². The van der Waals surface area contributed by atoms with Gasteiger partial charge in [-0.3, -0.25) is 14.4 Å². The molecule has 0 aromatic heterocycles. The second-order valence-electron chi connectivity index (χ2n) is 5.94. The Labute approximate surface area is 171 Å². The van der Waals surface area contributed by atoms with Crippen LogP contribution in [0.3, 0.4) is 0 Å². The van der Waals surface area contributed by atoms with Gasteiger partial charge in [-0.15, -0.1) is 0 Å². The fourth-order valence-corrected chi connectivity index (χ4v) is 2.34. The van der Waals surface area contributed by atoms with E-state index in [1.165, 1.54) is 14.2 Å². The fraction of sp³-hybridized carbons (Fsp3) is 0.250. The number of hydrogen-bond acceptors (Lipinski definition) is 6. The second kappa shape index (κ2) is 10.7. The first-order valence-electron chi connectivity index (χ1n) is 8.74. The number of esters is 1. The molecule has 8 nitrogen and oxygen atoms in total. The lowest BCUT2D eigenvalue weighted by atomic mass is 10.2. The summed E-state index contributed by atoms with van der Waals surface area (Å²) in [5.41, 5.74) is 0.0405. The van der Waals surface area contributed by atoms with Crippen LogP contribution in [0.1, 0.15) is 16.8 Å². The van der Waals surface area contributed by atoms with Crippen LogP contribution in [0.15, 0.2) is 36.4 Å². The summed E-state index contributed by atoms with van der Waals surface area (Å²) >= 11 is 0. The van der Waals surface area contributed by atoms with Crippen molar-refractivity contribution in [2.24, 2.45) is 0 Å². The standard InChI is InChI=1S/C20H20F2N2O6/c1-28-14-8-13(9-15(10-14)29-2)24-18(25)11-30-19(26)5-6-23-20(27)16-4-3-12(21)7-17(16)22/h3-4,7-10H,5-6,11H2,1-2H3,(H,23,27)(H,24,25). The Bertz CT molecular complexity index is 913. The molecule has 2 N–H and O–H groups in total. The van der Waals surface area contributed by atoms with E-state index < -0.39 is 36.0 Å². The Kier molecular flexibility index (Phi) is 8.09. The molecule has 0 bridgehead atoms. The van der Waals surface area contributed by atoms with Crippen molar-refractivity contribution >= 4 is 23.5 Å². The van der Waals surface area contributed by atoms with Crippen LogP contribution in [0, 0.1) is 11.6 Å². The molecule has 0 aliphatic rings. The predicted molar refractivity (Wildman–Crippen MR) is 102 cm³/mol. The Morgan fingerprint density at radius 3 is 2.23 bits per heavy atom. The van der Waals surface area contributed by atoms with Gasteiger partial charge in [0.15, 0.2) is 6.61 Å². The van der Waals surface area contributed by atoms with Gasteiger partial charge in [-0.1, -0.05) is 0 Å². The Morgan fingerprint density at radius 1 is 0.967 bits per heavy atom. The van der Waals surface area contributed by atoms with Crippen molar-refractivity contribution in [1.29, 1.82) is 0 Å². The molecule has 0 aliphatic carbocycles. The van der Waals surface area contributed by atoms with E-state index in [9.17, 15) is 23.2 Å². The average Bonchev–Trinajstić information content (AvgIpc) is 2.71. The molecule has 10 heteroatoms. The molecule has 2 rings (SSSR count). The zero-order valence-corrected chi connectivity index (χ0v) is 16.3. The number of ether oxygens (including phenoxy) is 3. The van der Waals surface area contributed by atoms with E-state index in [2.05, 4.69) is 10.6 Å². The maximum absolute atomic E-state index is 13.5. The smallest absolute Gasteiger partial charge is 0.308 e. The number of amides is 2. The number of carbonyl (C=O) groups excluding carboxylic acids is 3. The van der Waals surface area contributed by atoms with Crippen LogP contribution in [-0.4, -0.2) is 45.2 Å². The van der Waals surface area contributed by atoms with Gasteiger partial charge < -0.3 is 24.8 Å². The third kappa shape index (κ3) is 6.73. The number of nitrogens with one attached hydrogen (secondary N) is 2. The minimum Gasteiger partial charge on any atom is -0.497 e. The molecule has 160 valence electrons. The fourth-order valence-electron chi connectivity index (χ4n) is 2.34. The highest BCUT2D eigenvalue weighted by atomic mass is 19.1. The third-order valence-electron chi connectivity index (χ3n) is 3.79. The van der Waals surface area contributed by atoms with Crippen LogP contribution in [-0.2, 0) is 14.3 Å². The Balaban J connectivity index is 1.75. The Morgan fingerprint density at radius 2 is 1.63 bits per heavy atom. The van der Waals surface area contributed by atoms with Crippen LogP contribution < -0.4 is 20.1 Å². The first kappa shape index (κ1) is 22.6. The maximum Gasteiger partial charge on any atom is 0.308 e. The van der Waals surface area contributed by atoms with E-state index in [0.29, 0.717) is 23.3 Å². The van der Waals surface area contributed by atoms with Crippen LogP contribution in [0.5, 0.6) is 11.5 Å². The van der Waals surface area contributed by atoms with Gasteiger partial charge in [0.25, 0.3) is 11.8 Å². The molecule has 2 aromatic carbocycles. The lowest BCUT2D eigenvalue weighted by molar-refractivity contribution is -0.147. The first-order chi connectivity index (χ1) is 14.3. The van der Waals surface area contributed by atoms with Crippen LogP contribution >= 0.6 is 0 Å². The van der Waals surface area contributed by atoms with Crippen molar-refractivity contribution in [3.8, 4) is 11.5 Å². The van der Waals surface area contributed by atoms with E-state index in [1.807, 2.05) is 0 Å². The Hall–Kier alpha value is -3.69. The summed E-state index contributed by atoms with van der Waals surface area (Å²) in [6, 6.07) is 7.28. The van der Waals surface area contributed by atoms with E-state index in [-0.39, 0.29) is 18.5 Å². The summed E-state index contributed by atoms with van der Waals surface area (Å²) in [6.45, 7) is -0.692. The van der Waals surface area contributed by atoms with Crippen molar-refractivity contribution in [3.63, 3.8) is 0 Å². The summed E-state index contributed by atoms with van der Waals surface area (Å²) in [5.74, 6) is -3.02. The van der Waals surface area contributed by atoms with Gasteiger partial charge in [-0.2, -0.15) is 0 Å². The molecule has 2 amide bonds. The zero-order valence-electron chi connectivity index (χ0n) is 16.3.